The zero-order valence-corrected chi connectivity index (χ0v) is 13.5. The Morgan fingerprint density at radius 2 is 2.12 bits per heavy atom. The van der Waals surface area contributed by atoms with Crippen LogP contribution in [0.3, 0.4) is 0 Å². The highest BCUT2D eigenvalue weighted by Crippen LogP contribution is 2.44. The average Bonchev–Trinajstić information content (AvgIpc) is 3.24. The van der Waals surface area contributed by atoms with Crippen LogP contribution in [0.1, 0.15) is 32.6 Å². The van der Waals surface area contributed by atoms with Crippen molar-refractivity contribution < 1.29 is 14.4 Å². The first kappa shape index (κ1) is 15.1. The summed E-state index contributed by atoms with van der Waals surface area (Å²) in [6.07, 6.45) is 4.56. The molecule has 1 aromatic heterocycles. The Hall–Kier alpha value is -2.50. The van der Waals surface area contributed by atoms with Gasteiger partial charge in [0.2, 0.25) is 5.78 Å². The number of nitrogens with one attached hydrogen (secondary N) is 1. The molecule has 24 heavy (non-hydrogen) atoms. The topological polar surface area (TPSA) is 83.1 Å². The van der Waals surface area contributed by atoms with Crippen molar-refractivity contribution in [3.8, 4) is 0 Å². The monoisotopic (exact) mass is 325 g/mol. The van der Waals surface area contributed by atoms with E-state index in [0.29, 0.717) is 18.5 Å². The minimum Gasteiger partial charge on any atom is -0.345 e. The second-order valence-electron chi connectivity index (χ2n) is 6.67. The summed E-state index contributed by atoms with van der Waals surface area (Å²) in [4.78, 5) is 46.4. The average molecular weight is 325 g/mol. The summed E-state index contributed by atoms with van der Waals surface area (Å²) in [5.41, 5.74) is 2.28. The van der Waals surface area contributed by atoms with Gasteiger partial charge in [0, 0.05) is 12.1 Å². The summed E-state index contributed by atoms with van der Waals surface area (Å²) in [5, 5.41) is 0. The van der Waals surface area contributed by atoms with E-state index in [-0.39, 0.29) is 17.7 Å². The molecule has 124 valence electrons. The molecule has 1 N–H and O–H groups in total. The van der Waals surface area contributed by atoms with Gasteiger partial charge in [0.25, 0.3) is 5.91 Å². The second-order valence-corrected chi connectivity index (χ2v) is 6.67. The van der Waals surface area contributed by atoms with Gasteiger partial charge >= 0.3 is 0 Å². The van der Waals surface area contributed by atoms with Crippen LogP contribution in [-0.2, 0) is 14.4 Å². The SMILES string of the molecule is CCCC(=O)C1C(=O)C(=O)N(c2ccc3nc[nH]c3c2)C1C1CC1. The van der Waals surface area contributed by atoms with E-state index in [0.717, 1.165) is 23.9 Å². The van der Waals surface area contributed by atoms with Crippen LogP contribution in [0.2, 0.25) is 0 Å². The van der Waals surface area contributed by atoms with E-state index in [1.807, 2.05) is 19.1 Å². The van der Waals surface area contributed by atoms with Crippen molar-refractivity contribution in [3.63, 3.8) is 0 Å². The quantitative estimate of drug-likeness (QED) is 0.675. The fourth-order valence-corrected chi connectivity index (χ4v) is 3.71. The van der Waals surface area contributed by atoms with Gasteiger partial charge in [-0.15, -0.1) is 0 Å². The molecular weight excluding hydrogens is 306 g/mol. The molecule has 2 fully saturated rings. The van der Waals surface area contributed by atoms with Gasteiger partial charge in [-0.3, -0.25) is 14.4 Å². The molecule has 1 aromatic carbocycles. The molecule has 1 aliphatic heterocycles. The zero-order chi connectivity index (χ0) is 16.8. The van der Waals surface area contributed by atoms with Gasteiger partial charge < -0.3 is 9.88 Å². The number of hydrogen-bond acceptors (Lipinski definition) is 4. The number of fused-ring (bicyclic) bond motifs is 1. The normalized spacial score (nSPS) is 24.1. The molecule has 1 aliphatic carbocycles. The number of Topliss-reactive ketones (excluding diaryl/α,β-unsaturated/α-hetero) is 2. The van der Waals surface area contributed by atoms with Gasteiger partial charge in [-0.05, 0) is 43.4 Å². The van der Waals surface area contributed by atoms with Gasteiger partial charge in [0.15, 0.2) is 0 Å². The van der Waals surface area contributed by atoms with Crippen LogP contribution in [0, 0.1) is 11.8 Å². The number of amides is 1. The second kappa shape index (κ2) is 5.54. The highest BCUT2D eigenvalue weighted by atomic mass is 16.2. The summed E-state index contributed by atoms with van der Waals surface area (Å²) >= 11 is 0. The summed E-state index contributed by atoms with van der Waals surface area (Å²) in [6, 6.07) is 5.13. The molecule has 1 saturated carbocycles. The molecule has 2 unspecified atom stereocenters. The van der Waals surface area contributed by atoms with Crippen molar-refractivity contribution in [2.75, 3.05) is 4.90 Å². The standard InChI is InChI=1S/C18H19N3O3/c1-2-3-14(22)15-16(10-4-5-10)21(18(24)17(15)23)11-6-7-12-13(8-11)20-9-19-12/h6-10,15-16H,2-5H2,1H3,(H,19,20). The third-order valence-corrected chi connectivity index (χ3v) is 4.98. The van der Waals surface area contributed by atoms with Gasteiger partial charge in [0.05, 0.1) is 23.4 Å². The maximum atomic E-state index is 12.6. The molecule has 4 rings (SSSR count). The van der Waals surface area contributed by atoms with Gasteiger partial charge in [-0.2, -0.15) is 0 Å². The van der Waals surface area contributed by atoms with Crippen LogP contribution in [0.5, 0.6) is 0 Å². The predicted octanol–water partition coefficient (Wildman–Crippen LogP) is 2.24. The van der Waals surface area contributed by atoms with Gasteiger partial charge in [-0.1, -0.05) is 6.92 Å². The van der Waals surface area contributed by atoms with Crippen molar-refractivity contribution in [1.82, 2.24) is 9.97 Å². The first-order valence-electron chi connectivity index (χ1n) is 8.45. The van der Waals surface area contributed by atoms with E-state index < -0.39 is 17.6 Å². The van der Waals surface area contributed by atoms with E-state index in [4.69, 9.17) is 0 Å². The van der Waals surface area contributed by atoms with Crippen LogP contribution in [0.4, 0.5) is 5.69 Å². The number of nitrogens with zero attached hydrogens (tertiary/aromatic N) is 2. The highest BCUT2D eigenvalue weighted by molar-refractivity contribution is 6.48. The minimum atomic E-state index is -0.803. The molecule has 1 saturated heterocycles. The Morgan fingerprint density at radius 3 is 2.83 bits per heavy atom. The molecule has 0 bridgehead atoms. The number of carbonyl (C=O) groups excluding carboxylic acids is 3. The Morgan fingerprint density at radius 1 is 1.33 bits per heavy atom. The van der Waals surface area contributed by atoms with Crippen molar-refractivity contribution in [1.29, 1.82) is 0 Å². The number of benzene rings is 1. The number of aromatic nitrogens is 2. The predicted molar refractivity (Wildman–Crippen MR) is 88.5 cm³/mol. The van der Waals surface area contributed by atoms with Crippen LogP contribution >= 0.6 is 0 Å². The first-order valence-corrected chi connectivity index (χ1v) is 8.45. The lowest BCUT2D eigenvalue weighted by molar-refractivity contribution is -0.139. The number of H-pyrrole nitrogens is 1. The van der Waals surface area contributed by atoms with Crippen molar-refractivity contribution in [2.24, 2.45) is 11.8 Å². The molecule has 6 nitrogen and oxygen atoms in total. The number of aromatic amines is 1. The third kappa shape index (κ3) is 2.25. The van der Waals surface area contributed by atoms with E-state index in [1.54, 1.807) is 17.3 Å². The van der Waals surface area contributed by atoms with Crippen molar-refractivity contribution in [2.45, 2.75) is 38.6 Å². The Balaban J connectivity index is 1.76. The van der Waals surface area contributed by atoms with Crippen LogP contribution in [0.25, 0.3) is 11.0 Å². The van der Waals surface area contributed by atoms with E-state index in [9.17, 15) is 14.4 Å². The number of ketones is 2. The fourth-order valence-electron chi connectivity index (χ4n) is 3.71. The molecule has 2 atom stereocenters. The molecule has 2 aliphatic rings. The smallest absolute Gasteiger partial charge is 0.295 e. The number of anilines is 1. The molecule has 6 heteroatoms. The van der Waals surface area contributed by atoms with Crippen LogP contribution < -0.4 is 4.90 Å². The van der Waals surface area contributed by atoms with Gasteiger partial charge in [0.1, 0.15) is 11.7 Å². The lowest BCUT2D eigenvalue weighted by atomic mass is 9.89. The molecule has 0 radical (unpaired) electrons. The molecule has 0 spiro atoms. The van der Waals surface area contributed by atoms with E-state index in [1.165, 1.54) is 0 Å². The molecular formula is C18H19N3O3. The summed E-state index contributed by atoms with van der Waals surface area (Å²) < 4.78 is 0. The van der Waals surface area contributed by atoms with Gasteiger partial charge in [-0.25, -0.2) is 4.98 Å². The Labute approximate surface area is 139 Å². The molecule has 1 amide bonds. The Bertz CT molecular complexity index is 837. The maximum Gasteiger partial charge on any atom is 0.295 e. The zero-order valence-electron chi connectivity index (χ0n) is 13.5. The molecule has 2 aromatic rings. The summed E-state index contributed by atoms with van der Waals surface area (Å²) in [7, 11) is 0. The Kier molecular flexibility index (Phi) is 3.48. The number of carbonyl (C=O) groups is 3. The summed E-state index contributed by atoms with van der Waals surface area (Å²) in [5.74, 6) is -1.76. The largest absolute Gasteiger partial charge is 0.345 e. The van der Waals surface area contributed by atoms with E-state index >= 15 is 0 Å². The molecule has 2 heterocycles. The maximum absolute atomic E-state index is 12.6. The fraction of sp³-hybridized carbons (Fsp3) is 0.444. The lowest BCUT2D eigenvalue weighted by Gasteiger charge is -2.26. The third-order valence-electron chi connectivity index (χ3n) is 4.98. The van der Waals surface area contributed by atoms with Crippen molar-refractivity contribution >= 4 is 34.2 Å². The first-order chi connectivity index (χ1) is 11.6. The van der Waals surface area contributed by atoms with E-state index in [2.05, 4.69) is 9.97 Å². The highest BCUT2D eigenvalue weighted by Gasteiger charge is 2.56. The van der Waals surface area contributed by atoms with Crippen LogP contribution in [-0.4, -0.2) is 33.5 Å². The minimum absolute atomic E-state index is 0.0992. The number of imidazole rings is 1. The van der Waals surface area contributed by atoms with Crippen molar-refractivity contribution in [3.05, 3.63) is 24.5 Å². The number of hydrogen-bond donors (Lipinski definition) is 1. The summed E-state index contributed by atoms with van der Waals surface area (Å²) in [6.45, 7) is 1.91. The lowest BCUT2D eigenvalue weighted by Crippen LogP contribution is -2.39. The van der Waals surface area contributed by atoms with Crippen LogP contribution in [0.15, 0.2) is 24.5 Å². The number of rotatable bonds is 5.